The molecule has 0 aromatic heterocycles. The van der Waals surface area contributed by atoms with Gasteiger partial charge < -0.3 is 14.8 Å². The lowest BCUT2D eigenvalue weighted by Crippen LogP contribution is -2.24. The molecule has 104 valence electrons. The van der Waals surface area contributed by atoms with Crippen LogP contribution in [0.1, 0.15) is 30.6 Å². The number of carbonyl (C=O) groups excluding carboxylic acids is 1. The summed E-state index contributed by atoms with van der Waals surface area (Å²) in [6.45, 7) is 9.09. The van der Waals surface area contributed by atoms with Crippen LogP contribution in [-0.4, -0.2) is 25.7 Å². The van der Waals surface area contributed by atoms with E-state index < -0.39 is 0 Å². The van der Waals surface area contributed by atoms with Crippen LogP contribution in [0.4, 0.5) is 0 Å². The van der Waals surface area contributed by atoms with Gasteiger partial charge in [0.25, 0.3) is 5.91 Å². The lowest BCUT2D eigenvalue weighted by molar-refractivity contribution is 0.0954. The van der Waals surface area contributed by atoms with Gasteiger partial charge in [0, 0.05) is 12.1 Å². The molecule has 0 spiro atoms. The molecule has 1 N–H and O–H groups in total. The van der Waals surface area contributed by atoms with Gasteiger partial charge in [-0.25, -0.2) is 0 Å². The van der Waals surface area contributed by atoms with E-state index in [2.05, 4.69) is 11.9 Å². The minimum Gasteiger partial charge on any atom is -0.490 e. The van der Waals surface area contributed by atoms with E-state index >= 15 is 0 Å². The van der Waals surface area contributed by atoms with Crippen LogP contribution in [-0.2, 0) is 0 Å². The van der Waals surface area contributed by atoms with Gasteiger partial charge in [0.05, 0.1) is 13.2 Å². The zero-order valence-corrected chi connectivity index (χ0v) is 11.6. The molecule has 1 aromatic rings. The minimum absolute atomic E-state index is 0.120. The fraction of sp³-hybridized carbons (Fsp3) is 0.400. The summed E-state index contributed by atoms with van der Waals surface area (Å²) in [4.78, 5) is 11.9. The number of nitrogens with one attached hydrogen (secondary N) is 1. The van der Waals surface area contributed by atoms with Gasteiger partial charge in [0.15, 0.2) is 11.5 Å². The smallest absolute Gasteiger partial charge is 0.251 e. The summed E-state index contributed by atoms with van der Waals surface area (Å²) in [5.74, 6) is 1.14. The Morgan fingerprint density at radius 2 is 1.95 bits per heavy atom. The molecule has 0 aliphatic heterocycles. The highest BCUT2D eigenvalue weighted by Gasteiger charge is 2.10. The molecular formula is C15H21NO3. The molecule has 4 heteroatoms. The number of ether oxygens (including phenoxy) is 2. The Bertz CT molecular complexity index is 429. The van der Waals surface area contributed by atoms with Crippen molar-refractivity contribution in [3.63, 3.8) is 0 Å². The average molecular weight is 263 g/mol. The van der Waals surface area contributed by atoms with Crippen molar-refractivity contribution in [3.8, 4) is 11.5 Å². The van der Waals surface area contributed by atoms with Gasteiger partial charge in [-0.05, 0) is 38.5 Å². The van der Waals surface area contributed by atoms with Crippen LogP contribution < -0.4 is 14.8 Å². The van der Waals surface area contributed by atoms with Gasteiger partial charge in [-0.3, -0.25) is 4.79 Å². The summed E-state index contributed by atoms with van der Waals surface area (Å²) < 4.78 is 10.9. The maximum absolute atomic E-state index is 11.9. The molecule has 4 nitrogen and oxygen atoms in total. The molecular weight excluding hydrogens is 242 g/mol. The average Bonchev–Trinajstić information content (AvgIpc) is 2.41. The van der Waals surface area contributed by atoms with Crippen LogP contribution in [0.3, 0.4) is 0 Å². The molecule has 0 aliphatic rings. The second kappa shape index (κ2) is 8.19. The maximum atomic E-state index is 11.9. The van der Waals surface area contributed by atoms with Crippen molar-refractivity contribution in [2.75, 3.05) is 19.8 Å². The third kappa shape index (κ3) is 4.66. The van der Waals surface area contributed by atoms with Crippen molar-refractivity contribution in [3.05, 3.63) is 36.4 Å². The van der Waals surface area contributed by atoms with Crippen LogP contribution in [0.5, 0.6) is 11.5 Å². The molecule has 0 fully saturated rings. The van der Waals surface area contributed by atoms with Crippen molar-refractivity contribution >= 4 is 5.91 Å². The standard InChI is InChI=1S/C15H21NO3/c1-4-7-10-16-15(17)12-8-9-13(18-5-2)14(11-12)19-6-3/h4,8-9,11H,1,5-7,10H2,2-3H3,(H,16,17). The molecule has 1 aromatic carbocycles. The highest BCUT2D eigenvalue weighted by atomic mass is 16.5. The summed E-state index contributed by atoms with van der Waals surface area (Å²) in [6, 6.07) is 5.20. The summed E-state index contributed by atoms with van der Waals surface area (Å²) >= 11 is 0. The molecule has 0 atom stereocenters. The fourth-order valence-electron chi connectivity index (χ4n) is 1.58. The molecule has 1 rings (SSSR count). The van der Waals surface area contributed by atoms with Crippen molar-refractivity contribution in [1.82, 2.24) is 5.32 Å². The summed E-state index contributed by atoms with van der Waals surface area (Å²) in [5, 5.41) is 2.81. The Hall–Kier alpha value is -1.97. The SMILES string of the molecule is C=CCCNC(=O)c1ccc(OCC)c(OCC)c1. The lowest BCUT2D eigenvalue weighted by Gasteiger charge is -2.12. The lowest BCUT2D eigenvalue weighted by atomic mass is 10.2. The first-order chi connectivity index (χ1) is 9.22. The molecule has 19 heavy (non-hydrogen) atoms. The molecule has 0 saturated heterocycles. The van der Waals surface area contributed by atoms with Gasteiger partial charge >= 0.3 is 0 Å². The highest BCUT2D eigenvalue weighted by molar-refractivity contribution is 5.94. The molecule has 0 bridgehead atoms. The maximum Gasteiger partial charge on any atom is 0.251 e. The first-order valence-electron chi connectivity index (χ1n) is 6.51. The normalized spacial score (nSPS) is 9.79. The molecule has 0 unspecified atom stereocenters. The number of amides is 1. The van der Waals surface area contributed by atoms with Crippen LogP contribution >= 0.6 is 0 Å². The van der Waals surface area contributed by atoms with E-state index in [-0.39, 0.29) is 5.91 Å². The molecule has 1 amide bonds. The largest absolute Gasteiger partial charge is 0.490 e. The molecule has 0 radical (unpaired) electrons. The van der Waals surface area contributed by atoms with E-state index in [4.69, 9.17) is 9.47 Å². The van der Waals surface area contributed by atoms with Crippen LogP contribution in [0, 0.1) is 0 Å². The zero-order valence-electron chi connectivity index (χ0n) is 11.6. The van der Waals surface area contributed by atoms with Crippen molar-refractivity contribution in [2.45, 2.75) is 20.3 Å². The number of hydrogen-bond donors (Lipinski definition) is 1. The summed E-state index contributed by atoms with van der Waals surface area (Å²) in [7, 11) is 0. The van der Waals surface area contributed by atoms with Gasteiger partial charge in [-0.2, -0.15) is 0 Å². The summed E-state index contributed by atoms with van der Waals surface area (Å²) in [6.07, 6.45) is 2.52. The highest BCUT2D eigenvalue weighted by Crippen LogP contribution is 2.28. The number of hydrogen-bond acceptors (Lipinski definition) is 3. The van der Waals surface area contributed by atoms with Crippen LogP contribution in [0.25, 0.3) is 0 Å². The topological polar surface area (TPSA) is 47.6 Å². The minimum atomic E-state index is -0.120. The summed E-state index contributed by atoms with van der Waals surface area (Å²) in [5.41, 5.74) is 0.566. The molecule has 0 heterocycles. The Morgan fingerprint density at radius 3 is 2.58 bits per heavy atom. The fourth-order valence-corrected chi connectivity index (χ4v) is 1.58. The van der Waals surface area contributed by atoms with E-state index in [0.717, 1.165) is 6.42 Å². The predicted octanol–water partition coefficient (Wildman–Crippen LogP) is 2.79. The van der Waals surface area contributed by atoms with E-state index in [1.54, 1.807) is 24.3 Å². The first-order valence-corrected chi connectivity index (χ1v) is 6.51. The second-order valence-electron chi connectivity index (χ2n) is 3.86. The van der Waals surface area contributed by atoms with E-state index in [1.807, 2.05) is 13.8 Å². The molecule has 0 aliphatic carbocycles. The Balaban J connectivity index is 2.81. The Labute approximate surface area is 114 Å². The quantitative estimate of drug-likeness (QED) is 0.579. The van der Waals surface area contributed by atoms with Gasteiger partial charge in [0.2, 0.25) is 0 Å². The van der Waals surface area contributed by atoms with Crippen molar-refractivity contribution in [2.24, 2.45) is 0 Å². The number of benzene rings is 1. The zero-order chi connectivity index (χ0) is 14.1. The van der Waals surface area contributed by atoms with Gasteiger partial charge in [-0.15, -0.1) is 6.58 Å². The van der Waals surface area contributed by atoms with Crippen molar-refractivity contribution < 1.29 is 14.3 Å². The monoisotopic (exact) mass is 263 g/mol. The Morgan fingerprint density at radius 1 is 1.26 bits per heavy atom. The predicted molar refractivity (Wildman–Crippen MR) is 75.9 cm³/mol. The van der Waals surface area contributed by atoms with Crippen molar-refractivity contribution in [1.29, 1.82) is 0 Å². The van der Waals surface area contributed by atoms with Gasteiger partial charge in [0.1, 0.15) is 0 Å². The molecule has 0 saturated carbocycles. The van der Waals surface area contributed by atoms with E-state index in [0.29, 0.717) is 36.8 Å². The first kappa shape index (κ1) is 15.1. The number of carbonyl (C=O) groups is 1. The third-order valence-electron chi connectivity index (χ3n) is 2.44. The number of rotatable bonds is 8. The van der Waals surface area contributed by atoms with E-state index in [1.165, 1.54) is 0 Å². The van der Waals surface area contributed by atoms with E-state index in [9.17, 15) is 4.79 Å². The van der Waals surface area contributed by atoms with Gasteiger partial charge in [-0.1, -0.05) is 6.08 Å². The second-order valence-corrected chi connectivity index (χ2v) is 3.86. The van der Waals surface area contributed by atoms with Crippen LogP contribution in [0.15, 0.2) is 30.9 Å². The Kier molecular flexibility index (Phi) is 6.50. The van der Waals surface area contributed by atoms with Crippen LogP contribution in [0.2, 0.25) is 0 Å². The third-order valence-corrected chi connectivity index (χ3v) is 2.44.